The molecule has 0 radical (unpaired) electrons. The van der Waals surface area contributed by atoms with E-state index in [1.165, 1.54) is 12.8 Å². The van der Waals surface area contributed by atoms with Crippen molar-refractivity contribution in [3.8, 4) is 11.3 Å². The number of rotatable bonds is 8. The Bertz CT molecular complexity index is 1420. The summed E-state index contributed by atoms with van der Waals surface area (Å²) in [5.41, 5.74) is 3.83. The first-order chi connectivity index (χ1) is 18.9. The van der Waals surface area contributed by atoms with Gasteiger partial charge in [0.2, 0.25) is 15.9 Å². The van der Waals surface area contributed by atoms with Gasteiger partial charge < -0.3 is 19.4 Å². The van der Waals surface area contributed by atoms with Gasteiger partial charge in [-0.05, 0) is 73.8 Å². The molecule has 3 fully saturated rings. The van der Waals surface area contributed by atoms with Crippen molar-refractivity contribution in [3.05, 3.63) is 54.1 Å². The Morgan fingerprint density at radius 2 is 1.82 bits per heavy atom. The Morgan fingerprint density at radius 1 is 1.05 bits per heavy atom. The molecule has 3 aliphatic rings. The van der Waals surface area contributed by atoms with Crippen LogP contribution in [-0.4, -0.2) is 63.2 Å². The summed E-state index contributed by atoms with van der Waals surface area (Å²) in [6.45, 7) is 2.50. The number of nitrogens with zero attached hydrogens (tertiary/aromatic N) is 1. The van der Waals surface area contributed by atoms with Gasteiger partial charge in [0.15, 0.2) is 0 Å². The van der Waals surface area contributed by atoms with Gasteiger partial charge in [-0.15, -0.1) is 0 Å². The van der Waals surface area contributed by atoms with E-state index in [0.717, 1.165) is 27.7 Å². The summed E-state index contributed by atoms with van der Waals surface area (Å²) >= 11 is 0. The monoisotopic (exact) mass is 551 g/mol. The highest BCUT2D eigenvalue weighted by Crippen LogP contribution is 2.38. The van der Waals surface area contributed by atoms with Crippen molar-refractivity contribution in [1.82, 2.24) is 14.6 Å². The Labute approximate surface area is 230 Å². The fourth-order valence-corrected chi connectivity index (χ4v) is 7.45. The van der Waals surface area contributed by atoms with Gasteiger partial charge in [-0.1, -0.05) is 30.3 Å². The zero-order valence-electron chi connectivity index (χ0n) is 22.4. The van der Waals surface area contributed by atoms with Crippen molar-refractivity contribution in [2.45, 2.75) is 62.1 Å². The van der Waals surface area contributed by atoms with Crippen LogP contribution in [0.25, 0.3) is 22.2 Å². The number of nitrogens with one attached hydrogen (secondary N) is 2. The number of sulfonamides is 1. The van der Waals surface area contributed by atoms with E-state index in [2.05, 4.69) is 14.6 Å². The number of hydrogen-bond donors (Lipinski definition) is 2. The van der Waals surface area contributed by atoms with E-state index in [-0.39, 0.29) is 28.8 Å². The second kappa shape index (κ2) is 11.0. The van der Waals surface area contributed by atoms with Crippen molar-refractivity contribution < 1.29 is 22.7 Å². The van der Waals surface area contributed by atoms with Crippen LogP contribution in [-0.2, 0) is 30.9 Å². The standard InChI is InChI=1S/C30H37N3O5S/c1-37-18-20-2-4-21(5-3-20)27-16-24-10-13-26(17-28(24)31-27)39(35,36)32-25-11-8-23(9-12-25)30(34)33-14-15-38-19-29(33)22-6-7-22/h2-5,10,13,16-17,22-23,25,29,31-32H,6-9,11-12,14-15,18-19H2,1H3/t23?,25?,29-/m1/s1. The Kier molecular flexibility index (Phi) is 7.50. The number of fused-ring (bicyclic) bond motifs is 1. The number of benzene rings is 2. The molecule has 1 aromatic heterocycles. The fourth-order valence-electron chi connectivity index (χ4n) is 6.12. The molecular formula is C30H37N3O5S. The summed E-state index contributed by atoms with van der Waals surface area (Å²) in [6.07, 6.45) is 5.13. The van der Waals surface area contributed by atoms with E-state index >= 15 is 0 Å². The number of carbonyl (C=O) groups excluding carboxylic acids is 1. The molecule has 2 aromatic carbocycles. The molecule has 208 valence electrons. The molecule has 1 aliphatic heterocycles. The summed E-state index contributed by atoms with van der Waals surface area (Å²) in [7, 11) is -2.01. The number of aromatic amines is 1. The molecule has 39 heavy (non-hydrogen) atoms. The second-order valence-electron chi connectivity index (χ2n) is 11.2. The molecule has 3 aromatic rings. The van der Waals surface area contributed by atoms with E-state index in [9.17, 15) is 13.2 Å². The lowest BCUT2D eigenvalue weighted by Gasteiger charge is -2.39. The first-order valence-electron chi connectivity index (χ1n) is 14.0. The zero-order valence-corrected chi connectivity index (χ0v) is 23.2. The predicted octanol–water partition coefficient (Wildman–Crippen LogP) is 4.46. The molecule has 0 bridgehead atoms. The van der Waals surface area contributed by atoms with Crippen molar-refractivity contribution in [3.63, 3.8) is 0 Å². The number of methoxy groups -OCH3 is 1. The first kappa shape index (κ1) is 26.5. The van der Waals surface area contributed by atoms with Gasteiger partial charge in [-0.25, -0.2) is 13.1 Å². The van der Waals surface area contributed by atoms with Crippen LogP contribution >= 0.6 is 0 Å². The van der Waals surface area contributed by atoms with Gasteiger partial charge in [-0.3, -0.25) is 4.79 Å². The van der Waals surface area contributed by atoms with E-state index in [0.29, 0.717) is 58.0 Å². The number of carbonyl (C=O) groups is 1. The topological polar surface area (TPSA) is 101 Å². The average Bonchev–Trinajstić information content (AvgIpc) is 3.71. The van der Waals surface area contributed by atoms with E-state index in [4.69, 9.17) is 9.47 Å². The molecule has 2 saturated carbocycles. The minimum atomic E-state index is -3.68. The normalized spacial score (nSPS) is 24.2. The molecule has 9 heteroatoms. The third-order valence-corrected chi connectivity index (χ3v) is 10.0. The quantitative estimate of drug-likeness (QED) is 0.431. The van der Waals surface area contributed by atoms with Crippen LogP contribution in [0, 0.1) is 11.8 Å². The van der Waals surface area contributed by atoms with Crippen LogP contribution < -0.4 is 4.72 Å². The van der Waals surface area contributed by atoms with E-state index in [1.807, 2.05) is 36.4 Å². The van der Waals surface area contributed by atoms with Gasteiger partial charge >= 0.3 is 0 Å². The number of morpholine rings is 1. The smallest absolute Gasteiger partial charge is 0.240 e. The highest BCUT2D eigenvalue weighted by molar-refractivity contribution is 7.89. The van der Waals surface area contributed by atoms with Gasteiger partial charge in [0.05, 0.1) is 30.8 Å². The molecule has 1 saturated heterocycles. The maximum absolute atomic E-state index is 13.3. The Hall–Kier alpha value is -2.72. The SMILES string of the molecule is COCc1ccc(-c2cc3ccc(S(=O)(=O)NC4CCC(C(=O)N5CCOC[C@@H]5C5CC5)CC4)cc3[nH]2)cc1. The minimum Gasteiger partial charge on any atom is -0.380 e. The third kappa shape index (κ3) is 5.77. The molecule has 1 atom stereocenters. The Balaban J connectivity index is 1.09. The molecule has 0 spiro atoms. The van der Waals surface area contributed by atoms with Crippen LogP contribution in [0.15, 0.2) is 53.4 Å². The van der Waals surface area contributed by atoms with Crippen LogP contribution in [0.4, 0.5) is 0 Å². The molecule has 0 unspecified atom stereocenters. The summed E-state index contributed by atoms with van der Waals surface area (Å²) in [4.78, 5) is 19.0. The molecular weight excluding hydrogens is 514 g/mol. The van der Waals surface area contributed by atoms with Gasteiger partial charge in [0.1, 0.15) is 0 Å². The Morgan fingerprint density at radius 3 is 2.54 bits per heavy atom. The van der Waals surface area contributed by atoms with Crippen molar-refractivity contribution in [1.29, 1.82) is 0 Å². The number of hydrogen-bond acceptors (Lipinski definition) is 5. The van der Waals surface area contributed by atoms with Crippen LogP contribution in [0.1, 0.15) is 44.1 Å². The molecule has 2 N–H and O–H groups in total. The molecule has 6 rings (SSSR count). The summed E-state index contributed by atoms with van der Waals surface area (Å²) in [5, 5.41) is 0.955. The molecule has 2 aliphatic carbocycles. The maximum atomic E-state index is 13.3. The number of amides is 1. The highest BCUT2D eigenvalue weighted by atomic mass is 32.2. The maximum Gasteiger partial charge on any atom is 0.240 e. The lowest BCUT2D eigenvalue weighted by molar-refractivity contribution is -0.146. The lowest BCUT2D eigenvalue weighted by atomic mass is 9.85. The zero-order chi connectivity index (χ0) is 27.0. The minimum absolute atomic E-state index is 0.0256. The number of ether oxygens (including phenoxy) is 2. The van der Waals surface area contributed by atoms with E-state index in [1.54, 1.807) is 19.2 Å². The largest absolute Gasteiger partial charge is 0.380 e. The predicted molar refractivity (Wildman–Crippen MR) is 150 cm³/mol. The number of H-pyrrole nitrogens is 1. The first-order valence-corrected chi connectivity index (χ1v) is 15.5. The van der Waals surface area contributed by atoms with Gasteiger partial charge in [0.25, 0.3) is 0 Å². The van der Waals surface area contributed by atoms with Crippen molar-refractivity contribution >= 4 is 26.8 Å². The van der Waals surface area contributed by atoms with Crippen LogP contribution in [0.5, 0.6) is 0 Å². The van der Waals surface area contributed by atoms with Gasteiger partial charge in [-0.2, -0.15) is 0 Å². The lowest BCUT2D eigenvalue weighted by Crippen LogP contribution is -2.52. The third-order valence-electron chi connectivity index (χ3n) is 8.49. The van der Waals surface area contributed by atoms with Crippen molar-refractivity contribution in [2.75, 3.05) is 26.9 Å². The van der Waals surface area contributed by atoms with Crippen LogP contribution in [0.2, 0.25) is 0 Å². The highest BCUT2D eigenvalue weighted by Gasteiger charge is 2.41. The van der Waals surface area contributed by atoms with Crippen molar-refractivity contribution in [2.24, 2.45) is 11.8 Å². The summed E-state index contributed by atoms with van der Waals surface area (Å²) in [6, 6.07) is 15.4. The fraction of sp³-hybridized carbons (Fsp3) is 0.500. The summed E-state index contributed by atoms with van der Waals surface area (Å²) in [5.74, 6) is 0.798. The summed E-state index contributed by atoms with van der Waals surface area (Å²) < 4.78 is 40.3. The average molecular weight is 552 g/mol. The molecule has 8 nitrogen and oxygen atoms in total. The van der Waals surface area contributed by atoms with Gasteiger partial charge in [0, 0.05) is 42.2 Å². The van der Waals surface area contributed by atoms with E-state index < -0.39 is 10.0 Å². The van der Waals surface area contributed by atoms with Crippen LogP contribution in [0.3, 0.4) is 0 Å². The molecule has 2 heterocycles. The second-order valence-corrected chi connectivity index (χ2v) is 13.0. The number of aromatic nitrogens is 1. The molecule has 1 amide bonds.